The topological polar surface area (TPSA) is 62.1 Å². The van der Waals surface area contributed by atoms with Crippen LogP contribution < -0.4 is 9.64 Å². The maximum absolute atomic E-state index is 15.1. The highest BCUT2D eigenvalue weighted by atomic mass is 19.1. The van der Waals surface area contributed by atoms with Gasteiger partial charge in [0.05, 0.1) is 17.7 Å². The van der Waals surface area contributed by atoms with Crippen molar-refractivity contribution in [1.82, 2.24) is 9.80 Å². The van der Waals surface area contributed by atoms with Gasteiger partial charge in [0.15, 0.2) is 5.82 Å². The number of methoxy groups -OCH3 is 1. The summed E-state index contributed by atoms with van der Waals surface area (Å²) < 4.78 is 20.1. The molecule has 0 unspecified atom stereocenters. The van der Waals surface area contributed by atoms with E-state index in [9.17, 15) is 10.1 Å². The molecule has 148 valence electrons. The summed E-state index contributed by atoms with van der Waals surface area (Å²) in [6.45, 7) is 9.41. The average Bonchev–Trinajstić information content (AvgIpc) is 2.68. The summed E-state index contributed by atoms with van der Waals surface area (Å²) in [5.41, 5.74) is 0.406. The maximum atomic E-state index is 15.1. The van der Waals surface area contributed by atoms with E-state index < -0.39 is 10.7 Å². The van der Waals surface area contributed by atoms with Gasteiger partial charge in [-0.1, -0.05) is 12.7 Å². The predicted octanol–water partition coefficient (Wildman–Crippen LogP) is 2.60. The van der Waals surface area contributed by atoms with E-state index >= 15 is 4.39 Å². The quantitative estimate of drug-likeness (QED) is 0.580. The third-order valence-electron chi connectivity index (χ3n) is 5.66. The molecule has 0 aromatic heterocycles. The zero-order chi connectivity index (χ0) is 19.6. The molecule has 0 radical (unpaired) electrons. The fourth-order valence-corrected chi connectivity index (χ4v) is 4.08. The second kappa shape index (κ2) is 8.22. The van der Waals surface area contributed by atoms with E-state index in [1.54, 1.807) is 0 Å². The van der Waals surface area contributed by atoms with Crippen molar-refractivity contribution < 1.29 is 14.1 Å². The molecule has 2 heterocycles. The molecule has 0 bridgehead atoms. The minimum atomic E-state index is -0.681. The van der Waals surface area contributed by atoms with Gasteiger partial charge in [-0.25, -0.2) is 4.39 Å². The van der Waals surface area contributed by atoms with E-state index in [-0.39, 0.29) is 11.4 Å². The molecule has 0 N–H and O–H groups in total. The summed E-state index contributed by atoms with van der Waals surface area (Å²) in [7, 11) is 3.39. The first-order chi connectivity index (χ1) is 13.0. The number of benzene rings is 1. The van der Waals surface area contributed by atoms with Crippen molar-refractivity contribution >= 4 is 17.5 Å². The number of piperidine rings is 1. The third kappa shape index (κ3) is 3.91. The lowest BCUT2D eigenvalue weighted by molar-refractivity contribution is -0.386. The van der Waals surface area contributed by atoms with Gasteiger partial charge in [-0.2, -0.15) is 0 Å². The van der Waals surface area contributed by atoms with Crippen molar-refractivity contribution in [2.75, 3.05) is 58.3 Å². The molecule has 2 saturated heterocycles. The van der Waals surface area contributed by atoms with Crippen LogP contribution in [-0.2, 0) is 0 Å². The van der Waals surface area contributed by atoms with Crippen molar-refractivity contribution in [2.45, 2.75) is 18.9 Å². The highest BCUT2D eigenvalue weighted by molar-refractivity contribution is 5.74. The number of hydrogen-bond donors (Lipinski definition) is 0. The SMILES string of the molecule is C=Cc1cc([N+](=O)[O-])c(OC)c(F)c1N1CCC(N2CCN(C)CC2)CC1. The lowest BCUT2D eigenvalue weighted by atomic mass is 10.00. The number of piperazine rings is 1. The van der Waals surface area contributed by atoms with Crippen molar-refractivity contribution in [2.24, 2.45) is 0 Å². The number of likely N-dealkylation sites (N-methyl/N-ethyl adjacent to an activating group) is 1. The lowest BCUT2D eigenvalue weighted by Gasteiger charge is -2.42. The Balaban J connectivity index is 1.79. The van der Waals surface area contributed by atoms with Gasteiger partial charge in [0.2, 0.25) is 5.75 Å². The van der Waals surface area contributed by atoms with E-state index in [0.717, 1.165) is 39.0 Å². The fourth-order valence-electron chi connectivity index (χ4n) is 4.08. The first kappa shape index (κ1) is 19.6. The summed E-state index contributed by atoms with van der Waals surface area (Å²) >= 11 is 0. The Kier molecular flexibility index (Phi) is 5.96. The second-order valence-corrected chi connectivity index (χ2v) is 7.20. The van der Waals surface area contributed by atoms with Gasteiger partial charge in [0.1, 0.15) is 0 Å². The largest absolute Gasteiger partial charge is 0.488 e. The Morgan fingerprint density at radius 1 is 1.26 bits per heavy atom. The van der Waals surface area contributed by atoms with E-state index in [2.05, 4.69) is 23.4 Å². The van der Waals surface area contributed by atoms with Gasteiger partial charge >= 0.3 is 5.69 Å². The molecule has 3 rings (SSSR count). The van der Waals surface area contributed by atoms with Crippen LogP contribution in [0.1, 0.15) is 18.4 Å². The molecular formula is C19H27FN4O3. The Labute approximate surface area is 159 Å². The zero-order valence-corrected chi connectivity index (χ0v) is 16.0. The number of halogens is 1. The number of nitro groups is 1. The third-order valence-corrected chi connectivity index (χ3v) is 5.66. The van der Waals surface area contributed by atoms with Gasteiger partial charge in [-0.3, -0.25) is 15.0 Å². The standard InChI is InChI=1S/C19H27FN4O3/c1-4-14-13-16(24(25)26)19(27-3)17(20)18(14)23-7-5-15(6-8-23)22-11-9-21(2)10-12-22/h4,13,15H,1,5-12H2,2-3H3. The molecule has 0 spiro atoms. The van der Waals surface area contributed by atoms with Crippen molar-refractivity contribution in [3.8, 4) is 5.75 Å². The minimum Gasteiger partial charge on any atom is -0.488 e. The summed E-state index contributed by atoms with van der Waals surface area (Å²) in [5.74, 6) is -0.999. The van der Waals surface area contributed by atoms with Gasteiger partial charge in [-0.05, 0) is 19.9 Å². The smallest absolute Gasteiger partial charge is 0.314 e. The Morgan fingerprint density at radius 3 is 2.41 bits per heavy atom. The average molecular weight is 378 g/mol. The monoisotopic (exact) mass is 378 g/mol. The maximum Gasteiger partial charge on any atom is 0.314 e. The summed E-state index contributed by atoms with van der Waals surface area (Å²) in [5, 5.41) is 11.2. The molecule has 27 heavy (non-hydrogen) atoms. The molecule has 0 atom stereocenters. The highest BCUT2D eigenvalue weighted by Gasteiger charge is 2.32. The minimum absolute atomic E-state index is 0.318. The number of ether oxygens (including phenoxy) is 1. The van der Waals surface area contributed by atoms with Crippen LogP contribution in [0.2, 0.25) is 0 Å². The molecule has 2 fully saturated rings. The van der Waals surface area contributed by atoms with Crippen molar-refractivity contribution in [3.63, 3.8) is 0 Å². The Hall–Kier alpha value is -2.19. The summed E-state index contributed by atoms with van der Waals surface area (Å²) in [6.07, 6.45) is 3.36. The Bertz CT molecular complexity index is 711. The van der Waals surface area contributed by atoms with Crippen molar-refractivity contribution in [1.29, 1.82) is 0 Å². The van der Waals surface area contributed by atoms with E-state index in [1.165, 1.54) is 19.3 Å². The first-order valence-electron chi connectivity index (χ1n) is 9.31. The number of nitro benzene ring substituents is 1. The normalized spacial score (nSPS) is 19.9. The van der Waals surface area contributed by atoms with Gasteiger partial charge in [0.25, 0.3) is 0 Å². The molecular weight excluding hydrogens is 351 g/mol. The van der Waals surface area contributed by atoms with Crippen LogP contribution in [0.25, 0.3) is 6.08 Å². The number of anilines is 1. The van der Waals surface area contributed by atoms with E-state index in [1.807, 2.05) is 4.90 Å². The summed E-state index contributed by atoms with van der Waals surface area (Å²) in [4.78, 5) is 17.4. The van der Waals surface area contributed by atoms with Gasteiger partial charge in [0, 0.05) is 56.9 Å². The van der Waals surface area contributed by atoms with Crippen LogP contribution in [0.3, 0.4) is 0 Å². The van der Waals surface area contributed by atoms with Crippen LogP contribution in [0.15, 0.2) is 12.6 Å². The number of nitrogens with zero attached hydrogens (tertiary/aromatic N) is 4. The molecule has 2 aliphatic rings. The molecule has 7 nitrogen and oxygen atoms in total. The lowest BCUT2D eigenvalue weighted by Crippen LogP contribution is -2.52. The van der Waals surface area contributed by atoms with E-state index in [0.29, 0.717) is 30.4 Å². The van der Waals surface area contributed by atoms with Crippen molar-refractivity contribution in [3.05, 3.63) is 34.1 Å². The van der Waals surface area contributed by atoms with Gasteiger partial charge < -0.3 is 14.5 Å². The Morgan fingerprint density at radius 2 is 1.89 bits per heavy atom. The summed E-state index contributed by atoms with van der Waals surface area (Å²) in [6, 6.07) is 1.85. The molecule has 8 heteroatoms. The molecule has 0 saturated carbocycles. The molecule has 2 aliphatic heterocycles. The van der Waals surface area contributed by atoms with Crippen LogP contribution in [0, 0.1) is 15.9 Å². The van der Waals surface area contributed by atoms with E-state index in [4.69, 9.17) is 4.74 Å². The molecule has 0 aliphatic carbocycles. The van der Waals surface area contributed by atoms with Crippen LogP contribution in [-0.4, -0.2) is 74.2 Å². The highest BCUT2D eigenvalue weighted by Crippen LogP contribution is 2.40. The van der Waals surface area contributed by atoms with Gasteiger partial charge in [-0.15, -0.1) is 0 Å². The predicted molar refractivity (Wildman–Crippen MR) is 104 cm³/mol. The molecule has 1 aromatic rings. The van der Waals surface area contributed by atoms with Crippen LogP contribution in [0.4, 0.5) is 15.8 Å². The second-order valence-electron chi connectivity index (χ2n) is 7.20. The van der Waals surface area contributed by atoms with Crippen LogP contribution >= 0.6 is 0 Å². The molecule has 0 amide bonds. The number of rotatable bonds is 5. The van der Waals surface area contributed by atoms with Crippen LogP contribution in [0.5, 0.6) is 5.75 Å². The fraction of sp³-hybridized carbons (Fsp3) is 0.579. The number of hydrogen-bond acceptors (Lipinski definition) is 6. The first-order valence-corrected chi connectivity index (χ1v) is 9.31. The zero-order valence-electron chi connectivity index (χ0n) is 16.0. The molecule has 1 aromatic carbocycles.